The number of carbonyl (C=O) groups excluding carboxylic acids is 1. The van der Waals surface area contributed by atoms with Gasteiger partial charge in [-0.3, -0.25) is 19.6 Å². The van der Waals surface area contributed by atoms with Crippen molar-refractivity contribution in [3.63, 3.8) is 0 Å². The minimum Gasteiger partial charge on any atom is -0.324 e. The molecule has 8 heteroatoms. The van der Waals surface area contributed by atoms with Gasteiger partial charge in [0, 0.05) is 5.69 Å². The van der Waals surface area contributed by atoms with Crippen LogP contribution >= 0.6 is 0 Å². The molecule has 0 fully saturated rings. The molecule has 2 rings (SSSR count). The van der Waals surface area contributed by atoms with E-state index < -0.39 is 22.7 Å². The summed E-state index contributed by atoms with van der Waals surface area (Å²) < 4.78 is 14.6. The van der Waals surface area contributed by atoms with E-state index in [4.69, 9.17) is 0 Å². The molecule has 2 aromatic rings. The van der Waals surface area contributed by atoms with Gasteiger partial charge in [-0.05, 0) is 31.5 Å². The number of halogens is 1. The molecule has 0 spiro atoms. The maximum absolute atomic E-state index is 13.4. The molecule has 0 aliphatic rings. The molecule has 1 atom stereocenters. The largest absolute Gasteiger partial charge is 0.324 e. The minimum absolute atomic E-state index is 0.198. The third kappa shape index (κ3) is 3.22. The van der Waals surface area contributed by atoms with Gasteiger partial charge < -0.3 is 5.32 Å². The van der Waals surface area contributed by atoms with Gasteiger partial charge in [-0.25, -0.2) is 4.39 Å². The molecule has 7 nitrogen and oxygen atoms in total. The maximum atomic E-state index is 13.4. The van der Waals surface area contributed by atoms with Crippen molar-refractivity contribution < 1.29 is 14.1 Å². The highest BCUT2D eigenvalue weighted by molar-refractivity contribution is 5.93. The van der Waals surface area contributed by atoms with E-state index in [0.717, 1.165) is 6.20 Å². The van der Waals surface area contributed by atoms with E-state index in [1.54, 1.807) is 19.1 Å². The summed E-state index contributed by atoms with van der Waals surface area (Å²) in [4.78, 5) is 22.0. The summed E-state index contributed by atoms with van der Waals surface area (Å²) in [5, 5.41) is 16.9. The van der Waals surface area contributed by atoms with E-state index >= 15 is 0 Å². The molecule has 1 aromatic heterocycles. The Morgan fingerprint density at radius 3 is 2.81 bits per heavy atom. The number of nitro groups is 1. The predicted octanol–water partition coefficient (Wildman–Crippen LogP) is 2.44. The van der Waals surface area contributed by atoms with Crippen molar-refractivity contribution in [2.75, 3.05) is 5.32 Å². The zero-order valence-electron chi connectivity index (χ0n) is 11.4. The first-order chi connectivity index (χ1) is 9.88. The molecular weight excluding hydrogens is 279 g/mol. The van der Waals surface area contributed by atoms with Crippen LogP contribution in [0, 0.1) is 22.9 Å². The van der Waals surface area contributed by atoms with Crippen LogP contribution in [0.1, 0.15) is 18.5 Å². The average Bonchev–Trinajstić information content (AvgIpc) is 2.92. The molecule has 110 valence electrons. The Morgan fingerprint density at radius 2 is 2.24 bits per heavy atom. The zero-order chi connectivity index (χ0) is 15.6. The van der Waals surface area contributed by atoms with Crippen molar-refractivity contribution >= 4 is 17.3 Å². The molecule has 1 N–H and O–H groups in total. The molecule has 0 saturated heterocycles. The Bertz CT molecular complexity index is 698. The number of nitrogens with one attached hydrogen (secondary N) is 1. The number of amides is 1. The number of benzene rings is 1. The summed E-state index contributed by atoms with van der Waals surface area (Å²) >= 11 is 0. The minimum atomic E-state index is -0.761. The molecule has 0 aliphatic heterocycles. The lowest BCUT2D eigenvalue weighted by Gasteiger charge is -2.12. The fraction of sp³-hybridized carbons (Fsp3) is 0.231. The smallest absolute Gasteiger partial charge is 0.307 e. The normalized spacial score (nSPS) is 12.0. The van der Waals surface area contributed by atoms with Gasteiger partial charge in [0.25, 0.3) is 0 Å². The van der Waals surface area contributed by atoms with E-state index in [0.29, 0.717) is 11.3 Å². The van der Waals surface area contributed by atoms with Gasteiger partial charge in [-0.15, -0.1) is 0 Å². The predicted molar refractivity (Wildman–Crippen MR) is 73.4 cm³/mol. The van der Waals surface area contributed by atoms with Crippen molar-refractivity contribution in [2.24, 2.45) is 0 Å². The van der Waals surface area contributed by atoms with Crippen LogP contribution in [0.25, 0.3) is 0 Å². The lowest BCUT2D eigenvalue weighted by atomic mass is 10.2. The first kappa shape index (κ1) is 14.6. The highest BCUT2D eigenvalue weighted by atomic mass is 19.1. The van der Waals surface area contributed by atoms with Crippen molar-refractivity contribution in [1.82, 2.24) is 9.78 Å². The lowest BCUT2D eigenvalue weighted by Crippen LogP contribution is -2.24. The number of aromatic nitrogens is 2. The summed E-state index contributed by atoms with van der Waals surface area (Å²) in [7, 11) is 0. The fourth-order valence-corrected chi connectivity index (χ4v) is 1.67. The van der Waals surface area contributed by atoms with E-state index in [2.05, 4.69) is 10.4 Å². The molecule has 0 radical (unpaired) electrons. The SMILES string of the molecule is Cc1ccc(NC(=O)[C@H](C)n2cc([N+](=O)[O-])cn2)cc1F. The number of nitrogens with zero attached hydrogens (tertiary/aromatic N) is 3. The molecule has 0 saturated carbocycles. The van der Waals surface area contributed by atoms with Crippen LogP contribution in [0.4, 0.5) is 15.8 Å². The quantitative estimate of drug-likeness (QED) is 0.692. The Labute approximate surface area is 119 Å². The Kier molecular flexibility index (Phi) is 3.97. The van der Waals surface area contributed by atoms with E-state index in [1.807, 2.05) is 0 Å². The van der Waals surface area contributed by atoms with Crippen molar-refractivity contribution in [2.45, 2.75) is 19.9 Å². The van der Waals surface area contributed by atoms with Crippen molar-refractivity contribution in [3.8, 4) is 0 Å². The highest BCUT2D eigenvalue weighted by Gasteiger charge is 2.19. The third-order valence-electron chi connectivity index (χ3n) is 3.01. The van der Waals surface area contributed by atoms with Crippen LogP contribution in [0.5, 0.6) is 0 Å². The van der Waals surface area contributed by atoms with Crippen molar-refractivity contribution in [1.29, 1.82) is 0 Å². The number of hydrogen-bond acceptors (Lipinski definition) is 4. The van der Waals surface area contributed by atoms with Crippen molar-refractivity contribution in [3.05, 3.63) is 52.1 Å². The average molecular weight is 292 g/mol. The van der Waals surface area contributed by atoms with Crippen LogP contribution < -0.4 is 5.32 Å². The highest BCUT2D eigenvalue weighted by Crippen LogP contribution is 2.17. The van der Waals surface area contributed by atoms with Gasteiger partial charge in [0.05, 0.1) is 4.92 Å². The maximum Gasteiger partial charge on any atom is 0.307 e. The summed E-state index contributed by atoms with van der Waals surface area (Å²) in [5.74, 6) is -0.869. The Hall–Kier alpha value is -2.77. The van der Waals surface area contributed by atoms with Crippen LogP contribution in [-0.4, -0.2) is 20.6 Å². The topological polar surface area (TPSA) is 90.1 Å². The summed E-state index contributed by atoms with van der Waals surface area (Å²) in [6.45, 7) is 3.16. The standard InChI is InChI=1S/C13H13FN4O3/c1-8-3-4-10(5-12(8)14)16-13(19)9(2)17-7-11(6-15-17)18(20)21/h3-7,9H,1-2H3,(H,16,19)/t9-/m0/s1. The molecular formula is C13H13FN4O3. The summed E-state index contributed by atoms with van der Waals surface area (Å²) in [6, 6.07) is 3.58. The van der Waals surface area contributed by atoms with Crippen LogP contribution in [-0.2, 0) is 4.79 Å². The number of rotatable bonds is 4. The second-order valence-corrected chi connectivity index (χ2v) is 4.56. The van der Waals surface area contributed by atoms with E-state index in [1.165, 1.54) is 23.9 Å². The first-order valence-electron chi connectivity index (χ1n) is 6.14. The van der Waals surface area contributed by atoms with Crippen LogP contribution in [0.15, 0.2) is 30.6 Å². The fourth-order valence-electron chi connectivity index (χ4n) is 1.67. The molecule has 1 amide bonds. The zero-order valence-corrected chi connectivity index (χ0v) is 11.4. The second-order valence-electron chi connectivity index (χ2n) is 4.56. The summed E-state index contributed by atoms with van der Waals surface area (Å²) in [5.41, 5.74) is 0.594. The van der Waals surface area contributed by atoms with Crippen LogP contribution in [0.3, 0.4) is 0 Å². The Balaban J connectivity index is 2.11. The summed E-state index contributed by atoms with van der Waals surface area (Å²) in [6.07, 6.45) is 2.23. The second kappa shape index (κ2) is 5.70. The molecule has 21 heavy (non-hydrogen) atoms. The van der Waals surface area contributed by atoms with Gasteiger partial charge in [-0.2, -0.15) is 5.10 Å². The lowest BCUT2D eigenvalue weighted by molar-refractivity contribution is -0.385. The number of anilines is 1. The van der Waals surface area contributed by atoms with E-state index in [9.17, 15) is 19.3 Å². The monoisotopic (exact) mass is 292 g/mol. The van der Waals surface area contributed by atoms with Gasteiger partial charge in [0.2, 0.25) is 5.91 Å². The van der Waals surface area contributed by atoms with Gasteiger partial charge in [-0.1, -0.05) is 6.07 Å². The molecule has 0 unspecified atom stereocenters. The molecule has 1 aromatic carbocycles. The van der Waals surface area contributed by atoms with Crippen LogP contribution in [0.2, 0.25) is 0 Å². The number of carbonyl (C=O) groups is 1. The molecule has 1 heterocycles. The number of hydrogen-bond donors (Lipinski definition) is 1. The van der Waals surface area contributed by atoms with E-state index in [-0.39, 0.29) is 5.69 Å². The third-order valence-corrected chi connectivity index (χ3v) is 3.01. The molecule has 0 aliphatic carbocycles. The molecule has 0 bridgehead atoms. The van der Waals surface area contributed by atoms with Gasteiger partial charge >= 0.3 is 5.69 Å². The first-order valence-corrected chi connectivity index (χ1v) is 6.14. The van der Waals surface area contributed by atoms with Gasteiger partial charge in [0.15, 0.2) is 0 Å². The number of aryl methyl sites for hydroxylation is 1. The Morgan fingerprint density at radius 1 is 1.52 bits per heavy atom. The van der Waals surface area contributed by atoms with Gasteiger partial charge in [0.1, 0.15) is 24.3 Å².